The lowest BCUT2D eigenvalue weighted by atomic mass is 10.1. The summed E-state index contributed by atoms with van der Waals surface area (Å²) >= 11 is 0. The van der Waals surface area contributed by atoms with E-state index in [1.165, 1.54) is 9.58 Å². The van der Waals surface area contributed by atoms with E-state index in [-0.39, 0.29) is 47.7 Å². The third-order valence-electron chi connectivity index (χ3n) is 5.00. The largest absolute Gasteiger partial charge is 0.339 e. The lowest BCUT2D eigenvalue weighted by Gasteiger charge is -2.29. The monoisotopic (exact) mass is 434 g/mol. The molecule has 1 fully saturated rings. The molecule has 2 aromatic rings. The lowest BCUT2D eigenvalue weighted by molar-refractivity contribution is -0.132. The van der Waals surface area contributed by atoms with E-state index in [0.717, 1.165) is 0 Å². The van der Waals surface area contributed by atoms with E-state index < -0.39 is 21.8 Å². The molecular formula is C20H26N4O5S. The zero-order chi connectivity index (χ0) is 22.1. The maximum Gasteiger partial charge on any atom is 0.274 e. The Hall–Kier alpha value is -2.75. The van der Waals surface area contributed by atoms with Gasteiger partial charge in [0, 0.05) is 25.0 Å². The van der Waals surface area contributed by atoms with E-state index in [2.05, 4.69) is 10.4 Å². The molecule has 1 aromatic carbocycles. The van der Waals surface area contributed by atoms with Crippen LogP contribution in [0.15, 0.2) is 29.1 Å². The zero-order valence-corrected chi connectivity index (χ0v) is 18.1. The third kappa shape index (κ3) is 4.69. The Morgan fingerprint density at radius 1 is 1.10 bits per heavy atom. The second kappa shape index (κ2) is 8.55. The molecule has 0 aliphatic carbocycles. The summed E-state index contributed by atoms with van der Waals surface area (Å²) in [5.74, 6) is -0.909. The van der Waals surface area contributed by atoms with Gasteiger partial charge in [0.05, 0.1) is 16.9 Å². The highest BCUT2D eigenvalue weighted by molar-refractivity contribution is 7.91. The first-order valence-corrected chi connectivity index (χ1v) is 11.7. The van der Waals surface area contributed by atoms with Gasteiger partial charge in [0.25, 0.3) is 11.5 Å². The highest BCUT2D eigenvalue weighted by atomic mass is 32.2. The highest BCUT2D eigenvalue weighted by Crippen LogP contribution is 2.14. The van der Waals surface area contributed by atoms with Crippen LogP contribution in [-0.2, 0) is 21.2 Å². The number of hydrogen-bond donors (Lipinski definition) is 1. The van der Waals surface area contributed by atoms with Crippen LogP contribution in [0.3, 0.4) is 0 Å². The summed E-state index contributed by atoms with van der Waals surface area (Å²) in [4.78, 5) is 39.7. The van der Waals surface area contributed by atoms with Crippen molar-refractivity contribution in [2.75, 3.05) is 24.6 Å². The predicted octanol–water partition coefficient (Wildman–Crippen LogP) is 0.428. The van der Waals surface area contributed by atoms with E-state index in [4.69, 9.17) is 0 Å². The summed E-state index contributed by atoms with van der Waals surface area (Å²) in [6.07, 6.45) is 0. The molecule has 1 atom stereocenters. The van der Waals surface area contributed by atoms with Gasteiger partial charge < -0.3 is 10.2 Å². The fourth-order valence-electron chi connectivity index (χ4n) is 3.41. The molecule has 0 radical (unpaired) electrons. The number of nitrogens with one attached hydrogen (secondary N) is 1. The van der Waals surface area contributed by atoms with Gasteiger partial charge in [-0.3, -0.25) is 14.4 Å². The molecule has 1 N–H and O–H groups in total. The van der Waals surface area contributed by atoms with Crippen LogP contribution in [0.4, 0.5) is 0 Å². The molecule has 0 saturated carbocycles. The van der Waals surface area contributed by atoms with Gasteiger partial charge >= 0.3 is 0 Å². The average molecular weight is 435 g/mol. The molecule has 1 aromatic heterocycles. The second-order valence-electron chi connectivity index (χ2n) is 7.95. The van der Waals surface area contributed by atoms with E-state index in [0.29, 0.717) is 17.3 Å². The number of sulfone groups is 1. The van der Waals surface area contributed by atoms with Crippen molar-refractivity contribution in [2.24, 2.45) is 5.92 Å². The number of carbonyl (C=O) groups is 2. The van der Waals surface area contributed by atoms with Crippen molar-refractivity contribution < 1.29 is 18.0 Å². The van der Waals surface area contributed by atoms with Crippen molar-refractivity contribution in [1.82, 2.24) is 20.0 Å². The summed E-state index contributed by atoms with van der Waals surface area (Å²) in [6, 6.07) is 5.89. The van der Waals surface area contributed by atoms with Gasteiger partial charge in [0.1, 0.15) is 6.04 Å². The van der Waals surface area contributed by atoms with Gasteiger partial charge in [0.15, 0.2) is 15.5 Å². The van der Waals surface area contributed by atoms with E-state index in [9.17, 15) is 22.8 Å². The van der Waals surface area contributed by atoms with Crippen molar-refractivity contribution in [2.45, 2.75) is 33.4 Å². The average Bonchev–Trinajstić information content (AvgIpc) is 2.69. The predicted molar refractivity (Wildman–Crippen MR) is 113 cm³/mol. The van der Waals surface area contributed by atoms with Crippen LogP contribution in [0.5, 0.6) is 0 Å². The number of aromatic nitrogens is 2. The molecule has 2 amide bonds. The normalized spacial score (nSPS) is 17.1. The van der Waals surface area contributed by atoms with E-state index in [1.54, 1.807) is 31.2 Å². The number of nitrogens with zero attached hydrogens (tertiary/aromatic N) is 3. The zero-order valence-electron chi connectivity index (χ0n) is 17.3. The van der Waals surface area contributed by atoms with Gasteiger partial charge in [-0.1, -0.05) is 32.0 Å². The summed E-state index contributed by atoms with van der Waals surface area (Å²) in [5, 5.41) is 7.73. The highest BCUT2D eigenvalue weighted by Gasteiger charge is 2.29. The topological polar surface area (TPSA) is 118 Å². The minimum absolute atomic E-state index is 0.0757. The Balaban J connectivity index is 1.85. The minimum atomic E-state index is -3.11. The van der Waals surface area contributed by atoms with E-state index in [1.807, 2.05) is 13.8 Å². The van der Waals surface area contributed by atoms with Gasteiger partial charge in [0.2, 0.25) is 5.91 Å². The van der Waals surface area contributed by atoms with Crippen LogP contribution >= 0.6 is 0 Å². The molecule has 9 nitrogen and oxygen atoms in total. The quantitative estimate of drug-likeness (QED) is 0.729. The van der Waals surface area contributed by atoms with Crippen LogP contribution in [0, 0.1) is 5.92 Å². The number of amides is 2. The Labute approximate surface area is 175 Å². The van der Waals surface area contributed by atoms with Crippen molar-refractivity contribution in [3.63, 3.8) is 0 Å². The Bertz CT molecular complexity index is 1130. The molecule has 0 spiro atoms. The van der Waals surface area contributed by atoms with Crippen LogP contribution in [0.2, 0.25) is 0 Å². The lowest BCUT2D eigenvalue weighted by Crippen LogP contribution is -2.51. The third-order valence-corrected chi connectivity index (χ3v) is 6.60. The van der Waals surface area contributed by atoms with Crippen LogP contribution < -0.4 is 10.9 Å². The summed E-state index contributed by atoms with van der Waals surface area (Å²) in [5.41, 5.74) is -0.193. The molecule has 2 heterocycles. The molecule has 1 aliphatic rings. The van der Waals surface area contributed by atoms with Crippen LogP contribution in [-0.4, -0.2) is 65.5 Å². The van der Waals surface area contributed by atoms with Gasteiger partial charge in [-0.25, -0.2) is 13.1 Å². The standard InChI is InChI=1S/C20H26N4O5S/c1-13(2)12-24-20(27)16-7-5-4-6-15(16)17(22-24)18(25)21-14(3)19(26)23-8-10-30(28,29)11-9-23/h4-7,13-14H,8-12H2,1-3H3,(H,21,25). The SMILES string of the molecule is CC(C)Cn1nc(C(=O)NC(C)C(=O)N2CCS(=O)(=O)CC2)c2ccccc2c1=O. The fourth-order valence-corrected chi connectivity index (χ4v) is 4.61. The Morgan fingerprint density at radius 3 is 2.30 bits per heavy atom. The van der Waals surface area contributed by atoms with Gasteiger partial charge in [-0.05, 0) is 18.9 Å². The Morgan fingerprint density at radius 2 is 1.70 bits per heavy atom. The first kappa shape index (κ1) is 21.9. The minimum Gasteiger partial charge on any atom is -0.339 e. The molecular weight excluding hydrogens is 408 g/mol. The van der Waals surface area contributed by atoms with Crippen LogP contribution in [0.1, 0.15) is 31.3 Å². The molecule has 1 aliphatic heterocycles. The molecule has 30 heavy (non-hydrogen) atoms. The van der Waals surface area contributed by atoms with Crippen molar-refractivity contribution in [3.8, 4) is 0 Å². The molecule has 10 heteroatoms. The van der Waals surface area contributed by atoms with Crippen molar-refractivity contribution in [1.29, 1.82) is 0 Å². The second-order valence-corrected chi connectivity index (χ2v) is 10.3. The number of fused-ring (bicyclic) bond motifs is 1. The van der Waals surface area contributed by atoms with Crippen LogP contribution in [0.25, 0.3) is 10.8 Å². The Kier molecular flexibility index (Phi) is 6.25. The van der Waals surface area contributed by atoms with Gasteiger partial charge in [-0.15, -0.1) is 0 Å². The molecule has 0 bridgehead atoms. The number of benzene rings is 1. The maximum atomic E-state index is 13.0. The molecule has 162 valence electrons. The van der Waals surface area contributed by atoms with E-state index >= 15 is 0 Å². The van der Waals surface area contributed by atoms with Crippen molar-refractivity contribution in [3.05, 3.63) is 40.3 Å². The summed E-state index contributed by atoms with van der Waals surface area (Å²) in [6.45, 7) is 6.03. The fraction of sp³-hybridized carbons (Fsp3) is 0.500. The van der Waals surface area contributed by atoms with Crippen molar-refractivity contribution >= 4 is 32.4 Å². The van der Waals surface area contributed by atoms with Gasteiger partial charge in [-0.2, -0.15) is 5.10 Å². The number of rotatable bonds is 5. The number of hydrogen-bond acceptors (Lipinski definition) is 6. The molecule has 3 rings (SSSR count). The molecule has 1 saturated heterocycles. The summed E-state index contributed by atoms with van der Waals surface area (Å²) in [7, 11) is -3.11. The first-order valence-electron chi connectivity index (χ1n) is 9.89. The first-order chi connectivity index (χ1) is 14.1. The summed E-state index contributed by atoms with van der Waals surface area (Å²) < 4.78 is 24.4. The smallest absolute Gasteiger partial charge is 0.274 e. The number of carbonyl (C=O) groups excluding carboxylic acids is 2. The molecule has 1 unspecified atom stereocenters. The maximum absolute atomic E-state index is 13.0.